The van der Waals surface area contributed by atoms with Gasteiger partial charge in [-0.2, -0.15) is 0 Å². The SMILES string of the molecule is CC(C)(C)CCC(N)C(C)(C)C. The van der Waals surface area contributed by atoms with E-state index in [9.17, 15) is 0 Å². The van der Waals surface area contributed by atoms with Crippen molar-refractivity contribution >= 4 is 0 Å². The third kappa shape index (κ3) is 5.59. The Morgan fingerprint density at radius 2 is 1.42 bits per heavy atom. The average molecular weight is 171 g/mol. The molecule has 0 bridgehead atoms. The van der Waals surface area contributed by atoms with Gasteiger partial charge in [0, 0.05) is 6.04 Å². The molecule has 12 heavy (non-hydrogen) atoms. The Morgan fingerprint density at radius 3 is 1.67 bits per heavy atom. The lowest BCUT2D eigenvalue weighted by Crippen LogP contribution is -2.35. The predicted octanol–water partition coefficient (Wildman–Crippen LogP) is 3.19. The molecule has 0 aliphatic heterocycles. The number of hydrogen-bond donors (Lipinski definition) is 1. The number of rotatable bonds is 2. The molecule has 74 valence electrons. The molecule has 0 radical (unpaired) electrons. The molecule has 0 aliphatic rings. The number of nitrogens with two attached hydrogens (primary N) is 1. The average Bonchev–Trinajstić information content (AvgIpc) is 1.78. The minimum atomic E-state index is 0.255. The molecule has 1 nitrogen and oxygen atoms in total. The van der Waals surface area contributed by atoms with Gasteiger partial charge < -0.3 is 5.73 Å². The molecule has 0 saturated carbocycles. The fourth-order valence-electron chi connectivity index (χ4n) is 1.02. The second kappa shape index (κ2) is 3.78. The molecule has 1 unspecified atom stereocenters. The monoisotopic (exact) mass is 171 g/mol. The second-order valence-electron chi connectivity index (χ2n) is 6.07. The van der Waals surface area contributed by atoms with Crippen molar-refractivity contribution in [3.8, 4) is 0 Å². The first-order valence-corrected chi connectivity index (χ1v) is 4.88. The zero-order chi connectivity index (χ0) is 9.99. The lowest BCUT2D eigenvalue weighted by Gasteiger charge is -2.29. The van der Waals surface area contributed by atoms with Crippen LogP contribution in [0.1, 0.15) is 54.4 Å². The fraction of sp³-hybridized carbons (Fsp3) is 1.00. The molecule has 0 fully saturated rings. The minimum Gasteiger partial charge on any atom is -0.327 e. The summed E-state index contributed by atoms with van der Waals surface area (Å²) in [6, 6.07) is 0.330. The highest BCUT2D eigenvalue weighted by molar-refractivity contribution is 4.78. The van der Waals surface area contributed by atoms with Crippen molar-refractivity contribution in [1.29, 1.82) is 0 Å². The maximum atomic E-state index is 6.06. The molecule has 2 N–H and O–H groups in total. The summed E-state index contributed by atoms with van der Waals surface area (Å²) in [5.74, 6) is 0. The lowest BCUT2D eigenvalue weighted by molar-refractivity contribution is 0.261. The van der Waals surface area contributed by atoms with Gasteiger partial charge in [0.2, 0.25) is 0 Å². The van der Waals surface area contributed by atoms with Crippen molar-refractivity contribution in [2.24, 2.45) is 16.6 Å². The van der Waals surface area contributed by atoms with Crippen LogP contribution in [0.25, 0.3) is 0 Å². The van der Waals surface area contributed by atoms with Gasteiger partial charge in [-0.25, -0.2) is 0 Å². The molecule has 0 amide bonds. The van der Waals surface area contributed by atoms with E-state index in [2.05, 4.69) is 41.5 Å². The molecule has 0 heterocycles. The first-order chi connectivity index (χ1) is 5.13. The van der Waals surface area contributed by atoms with Crippen LogP contribution in [0.4, 0.5) is 0 Å². The number of hydrogen-bond acceptors (Lipinski definition) is 1. The Balaban J connectivity index is 3.80. The van der Waals surface area contributed by atoms with Gasteiger partial charge in [0.25, 0.3) is 0 Å². The zero-order valence-corrected chi connectivity index (χ0v) is 9.57. The lowest BCUT2D eigenvalue weighted by atomic mass is 9.80. The van der Waals surface area contributed by atoms with Gasteiger partial charge in [0.05, 0.1) is 0 Å². The van der Waals surface area contributed by atoms with Crippen LogP contribution >= 0.6 is 0 Å². The Morgan fingerprint density at radius 1 is 1.00 bits per heavy atom. The molecule has 1 heteroatoms. The minimum absolute atomic E-state index is 0.255. The molecule has 0 aromatic carbocycles. The van der Waals surface area contributed by atoms with Crippen LogP contribution in [-0.4, -0.2) is 6.04 Å². The van der Waals surface area contributed by atoms with Crippen molar-refractivity contribution in [3.05, 3.63) is 0 Å². The van der Waals surface area contributed by atoms with Crippen molar-refractivity contribution in [2.45, 2.75) is 60.4 Å². The van der Waals surface area contributed by atoms with Crippen LogP contribution in [-0.2, 0) is 0 Å². The molecule has 0 saturated heterocycles. The summed E-state index contributed by atoms with van der Waals surface area (Å²) < 4.78 is 0. The molecular weight excluding hydrogens is 146 g/mol. The van der Waals surface area contributed by atoms with E-state index in [-0.39, 0.29) is 5.41 Å². The largest absolute Gasteiger partial charge is 0.327 e. The van der Waals surface area contributed by atoms with Crippen LogP contribution in [0.2, 0.25) is 0 Å². The highest BCUT2D eigenvalue weighted by atomic mass is 14.7. The quantitative estimate of drug-likeness (QED) is 0.678. The van der Waals surface area contributed by atoms with Crippen LogP contribution in [0.15, 0.2) is 0 Å². The Bertz CT molecular complexity index is 125. The van der Waals surface area contributed by atoms with E-state index < -0.39 is 0 Å². The smallest absolute Gasteiger partial charge is 0.00878 e. The highest BCUT2D eigenvalue weighted by Crippen LogP contribution is 2.27. The molecule has 0 rings (SSSR count). The van der Waals surface area contributed by atoms with Crippen LogP contribution in [0.5, 0.6) is 0 Å². The summed E-state index contributed by atoms with van der Waals surface area (Å²) in [7, 11) is 0. The van der Waals surface area contributed by atoms with Crippen molar-refractivity contribution in [2.75, 3.05) is 0 Å². The normalized spacial score (nSPS) is 16.2. The fourth-order valence-corrected chi connectivity index (χ4v) is 1.02. The molecule has 0 spiro atoms. The van der Waals surface area contributed by atoms with E-state index >= 15 is 0 Å². The third-order valence-corrected chi connectivity index (χ3v) is 2.32. The van der Waals surface area contributed by atoms with E-state index in [1.165, 1.54) is 6.42 Å². The molecule has 0 aromatic rings. The van der Waals surface area contributed by atoms with E-state index in [1.54, 1.807) is 0 Å². The van der Waals surface area contributed by atoms with E-state index in [0.29, 0.717) is 11.5 Å². The maximum absolute atomic E-state index is 6.06. The first kappa shape index (κ1) is 12.0. The van der Waals surface area contributed by atoms with Crippen LogP contribution < -0.4 is 5.73 Å². The summed E-state index contributed by atoms with van der Waals surface area (Å²) in [5, 5.41) is 0. The van der Waals surface area contributed by atoms with Crippen molar-refractivity contribution < 1.29 is 0 Å². The van der Waals surface area contributed by atoms with E-state index in [1.807, 2.05) is 0 Å². The topological polar surface area (TPSA) is 26.0 Å². The predicted molar refractivity (Wildman–Crippen MR) is 56.1 cm³/mol. The Kier molecular flexibility index (Phi) is 3.77. The van der Waals surface area contributed by atoms with E-state index in [0.717, 1.165) is 6.42 Å². The Hall–Kier alpha value is -0.0400. The second-order valence-corrected chi connectivity index (χ2v) is 6.07. The van der Waals surface area contributed by atoms with Gasteiger partial charge in [-0.3, -0.25) is 0 Å². The van der Waals surface area contributed by atoms with Gasteiger partial charge >= 0.3 is 0 Å². The van der Waals surface area contributed by atoms with Crippen molar-refractivity contribution in [3.63, 3.8) is 0 Å². The molecule has 0 aromatic heterocycles. The van der Waals surface area contributed by atoms with Gasteiger partial charge in [-0.05, 0) is 23.7 Å². The van der Waals surface area contributed by atoms with Crippen LogP contribution in [0.3, 0.4) is 0 Å². The molecule has 1 atom stereocenters. The summed E-state index contributed by atoms with van der Waals surface area (Å²) in [6.45, 7) is 13.4. The van der Waals surface area contributed by atoms with Gasteiger partial charge in [-0.1, -0.05) is 41.5 Å². The Labute approximate surface area is 77.7 Å². The zero-order valence-electron chi connectivity index (χ0n) is 9.57. The summed E-state index contributed by atoms with van der Waals surface area (Å²) in [5.41, 5.74) is 6.73. The summed E-state index contributed by atoms with van der Waals surface area (Å²) >= 11 is 0. The highest BCUT2D eigenvalue weighted by Gasteiger charge is 2.22. The van der Waals surface area contributed by atoms with Crippen molar-refractivity contribution in [1.82, 2.24) is 0 Å². The summed E-state index contributed by atoms with van der Waals surface area (Å²) in [4.78, 5) is 0. The molecule has 0 aliphatic carbocycles. The van der Waals surface area contributed by atoms with E-state index in [4.69, 9.17) is 5.73 Å². The molecular formula is C11H25N. The van der Waals surface area contributed by atoms with Gasteiger partial charge in [0.15, 0.2) is 0 Å². The van der Waals surface area contributed by atoms with Gasteiger partial charge in [-0.15, -0.1) is 0 Å². The standard InChI is InChI=1S/C11H25N/c1-10(2,3)8-7-9(12)11(4,5)6/h9H,7-8,12H2,1-6H3. The van der Waals surface area contributed by atoms with Gasteiger partial charge in [0.1, 0.15) is 0 Å². The third-order valence-electron chi connectivity index (χ3n) is 2.32. The maximum Gasteiger partial charge on any atom is 0.00878 e. The summed E-state index contributed by atoms with van der Waals surface area (Å²) in [6.07, 6.45) is 2.35. The first-order valence-electron chi connectivity index (χ1n) is 4.88. The van der Waals surface area contributed by atoms with Crippen LogP contribution in [0, 0.1) is 10.8 Å².